The van der Waals surface area contributed by atoms with Crippen LogP contribution in [-0.4, -0.2) is 53.8 Å². The molecular weight excluding hydrogens is 412 g/mol. The second-order valence-corrected chi connectivity index (χ2v) is 9.71. The van der Waals surface area contributed by atoms with Crippen molar-refractivity contribution < 1.29 is 9.84 Å². The Hall–Kier alpha value is -1.73. The van der Waals surface area contributed by atoms with Crippen molar-refractivity contribution in [2.75, 3.05) is 38.7 Å². The lowest BCUT2D eigenvalue weighted by atomic mass is 9.96. The van der Waals surface area contributed by atoms with Crippen LogP contribution < -0.4 is 4.90 Å². The quantitative estimate of drug-likeness (QED) is 0.669. The zero-order valence-electron chi connectivity index (χ0n) is 18.9. The number of rotatable bonds is 6. The van der Waals surface area contributed by atoms with E-state index in [0.717, 1.165) is 60.0 Å². The van der Waals surface area contributed by atoms with Gasteiger partial charge in [0.1, 0.15) is 17.9 Å². The fourth-order valence-corrected chi connectivity index (χ4v) is 4.90. The van der Waals surface area contributed by atoms with Gasteiger partial charge in [-0.25, -0.2) is 9.97 Å². The Labute approximate surface area is 190 Å². The Morgan fingerprint density at radius 2 is 1.87 bits per heavy atom. The van der Waals surface area contributed by atoms with E-state index in [1.54, 1.807) is 6.33 Å². The number of halogens is 1. The van der Waals surface area contributed by atoms with E-state index in [1.807, 2.05) is 38.4 Å². The lowest BCUT2D eigenvalue weighted by Crippen LogP contribution is -2.43. The molecule has 1 aliphatic carbocycles. The third-order valence-electron chi connectivity index (χ3n) is 7.03. The molecule has 6 nitrogen and oxygen atoms in total. The summed E-state index contributed by atoms with van der Waals surface area (Å²) in [7, 11) is 4.09. The number of aliphatic hydroxyl groups excluding tert-OH is 1. The van der Waals surface area contributed by atoms with E-state index in [0.29, 0.717) is 18.4 Å². The molecule has 0 bridgehead atoms. The van der Waals surface area contributed by atoms with Crippen molar-refractivity contribution in [1.29, 1.82) is 0 Å². The Bertz CT molecular complexity index is 899. The average Bonchev–Trinajstić information content (AvgIpc) is 3.06. The molecule has 0 amide bonds. The van der Waals surface area contributed by atoms with Gasteiger partial charge in [-0.15, -0.1) is 0 Å². The standard InChI is InChI=1S/C24H33ClN4O2/c1-16-13-20(30)22-21(16)23(27-15-26-22)29-11-9-17(10-12-29)14-31-24(2,28(3)4)18-5-7-19(25)8-6-18/h5-8,15-17,20,30H,9-14H2,1-4H3/t16-,20-,24?/m1/s1. The number of ether oxygens (including phenoxy) is 1. The lowest BCUT2D eigenvalue weighted by molar-refractivity contribution is -0.143. The average molecular weight is 445 g/mol. The smallest absolute Gasteiger partial charge is 0.144 e. The number of aromatic nitrogens is 2. The molecule has 2 aliphatic rings. The topological polar surface area (TPSA) is 61.7 Å². The molecule has 0 saturated carbocycles. The highest BCUT2D eigenvalue weighted by Gasteiger charge is 2.35. The Kier molecular flexibility index (Phi) is 6.54. The van der Waals surface area contributed by atoms with Crippen molar-refractivity contribution in [1.82, 2.24) is 14.9 Å². The minimum atomic E-state index is -0.499. The van der Waals surface area contributed by atoms with Gasteiger partial charge in [0.2, 0.25) is 0 Å². The number of hydrogen-bond acceptors (Lipinski definition) is 6. The van der Waals surface area contributed by atoms with Gasteiger partial charge in [0.15, 0.2) is 0 Å². The van der Waals surface area contributed by atoms with Gasteiger partial charge in [0.25, 0.3) is 0 Å². The number of hydrogen-bond donors (Lipinski definition) is 1. The summed E-state index contributed by atoms with van der Waals surface area (Å²) in [5.41, 5.74) is 2.55. The third-order valence-corrected chi connectivity index (χ3v) is 7.28. The molecule has 2 aromatic rings. The maximum absolute atomic E-state index is 10.3. The predicted molar refractivity (Wildman–Crippen MR) is 123 cm³/mol. The summed E-state index contributed by atoms with van der Waals surface area (Å²) in [5.74, 6) is 1.80. The first-order chi connectivity index (χ1) is 14.8. The normalized spacial score (nSPS) is 23.8. The molecule has 3 atom stereocenters. The number of benzene rings is 1. The first kappa shape index (κ1) is 22.5. The van der Waals surface area contributed by atoms with E-state index >= 15 is 0 Å². The molecule has 1 N–H and O–H groups in total. The minimum absolute atomic E-state index is 0.294. The molecule has 1 saturated heterocycles. The van der Waals surface area contributed by atoms with Crippen LogP contribution in [0.25, 0.3) is 0 Å². The molecular formula is C24H33ClN4O2. The SMILES string of the molecule is C[C@@H]1C[C@@H](O)c2ncnc(N3CCC(COC(C)(c4ccc(Cl)cc4)N(C)C)CC3)c21. The molecule has 168 valence electrons. The van der Waals surface area contributed by atoms with E-state index in [9.17, 15) is 5.11 Å². The molecule has 1 aromatic carbocycles. The highest BCUT2D eigenvalue weighted by atomic mass is 35.5. The summed E-state index contributed by atoms with van der Waals surface area (Å²) in [4.78, 5) is 13.4. The summed E-state index contributed by atoms with van der Waals surface area (Å²) in [6, 6.07) is 7.91. The Morgan fingerprint density at radius 1 is 1.19 bits per heavy atom. The van der Waals surface area contributed by atoms with Crippen LogP contribution in [0.5, 0.6) is 0 Å². The van der Waals surface area contributed by atoms with Crippen LogP contribution in [0, 0.1) is 5.92 Å². The minimum Gasteiger partial charge on any atom is -0.387 e. The van der Waals surface area contributed by atoms with Crippen molar-refractivity contribution in [3.05, 3.63) is 52.4 Å². The molecule has 1 aromatic heterocycles. The lowest BCUT2D eigenvalue weighted by Gasteiger charge is -2.40. The van der Waals surface area contributed by atoms with Gasteiger partial charge < -0.3 is 14.7 Å². The van der Waals surface area contributed by atoms with E-state index in [-0.39, 0.29) is 0 Å². The number of nitrogens with zero attached hydrogens (tertiary/aromatic N) is 4. The van der Waals surface area contributed by atoms with Gasteiger partial charge in [-0.3, -0.25) is 4.90 Å². The van der Waals surface area contributed by atoms with E-state index in [2.05, 4.69) is 33.6 Å². The predicted octanol–water partition coefficient (Wildman–Crippen LogP) is 4.34. The van der Waals surface area contributed by atoms with Crippen LogP contribution >= 0.6 is 11.6 Å². The Balaban J connectivity index is 1.39. The second-order valence-electron chi connectivity index (χ2n) is 9.27. The number of anilines is 1. The monoisotopic (exact) mass is 444 g/mol. The molecule has 0 radical (unpaired) electrons. The highest BCUT2D eigenvalue weighted by molar-refractivity contribution is 6.30. The summed E-state index contributed by atoms with van der Waals surface area (Å²) in [6.45, 7) is 6.87. The van der Waals surface area contributed by atoms with Gasteiger partial charge in [-0.05, 0) is 69.8 Å². The molecule has 2 heterocycles. The van der Waals surface area contributed by atoms with Gasteiger partial charge in [-0.1, -0.05) is 30.7 Å². The molecule has 31 heavy (non-hydrogen) atoms. The van der Waals surface area contributed by atoms with Gasteiger partial charge >= 0.3 is 0 Å². The fraction of sp³-hybridized carbons (Fsp3) is 0.583. The first-order valence-electron chi connectivity index (χ1n) is 11.1. The van der Waals surface area contributed by atoms with Crippen molar-refractivity contribution >= 4 is 17.4 Å². The van der Waals surface area contributed by atoms with Gasteiger partial charge in [0.05, 0.1) is 18.4 Å². The zero-order chi connectivity index (χ0) is 22.2. The van der Waals surface area contributed by atoms with Crippen LogP contribution in [0.4, 0.5) is 5.82 Å². The molecule has 4 rings (SSSR count). The summed E-state index contributed by atoms with van der Waals surface area (Å²) >= 11 is 6.07. The fourth-order valence-electron chi connectivity index (χ4n) is 4.78. The number of piperidine rings is 1. The third kappa shape index (κ3) is 4.44. The van der Waals surface area contributed by atoms with Crippen molar-refractivity contribution in [3.63, 3.8) is 0 Å². The maximum atomic E-state index is 10.3. The molecule has 1 fully saturated rings. The summed E-state index contributed by atoms with van der Waals surface area (Å²) in [6.07, 6.45) is 3.98. The van der Waals surface area contributed by atoms with Crippen LogP contribution in [0.1, 0.15) is 62.0 Å². The molecule has 1 unspecified atom stereocenters. The van der Waals surface area contributed by atoms with Crippen molar-refractivity contribution in [2.24, 2.45) is 5.92 Å². The van der Waals surface area contributed by atoms with Crippen molar-refractivity contribution in [3.8, 4) is 0 Å². The maximum Gasteiger partial charge on any atom is 0.144 e. The number of fused-ring (bicyclic) bond motifs is 1. The van der Waals surface area contributed by atoms with Crippen LogP contribution in [0.2, 0.25) is 5.02 Å². The zero-order valence-corrected chi connectivity index (χ0v) is 19.6. The van der Waals surface area contributed by atoms with Crippen LogP contribution in [0.15, 0.2) is 30.6 Å². The van der Waals surface area contributed by atoms with Crippen LogP contribution in [0.3, 0.4) is 0 Å². The second kappa shape index (κ2) is 9.02. The molecule has 0 spiro atoms. The molecule has 1 aliphatic heterocycles. The number of aliphatic hydroxyl groups is 1. The van der Waals surface area contributed by atoms with E-state index in [1.165, 1.54) is 0 Å². The largest absolute Gasteiger partial charge is 0.387 e. The van der Waals surface area contributed by atoms with Crippen LogP contribution in [-0.2, 0) is 10.5 Å². The van der Waals surface area contributed by atoms with E-state index in [4.69, 9.17) is 16.3 Å². The summed E-state index contributed by atoms with van der Waals surface area (Å²) in [5, 5.41) is 11.0. The van der Waals surface area contributed by atoms with Crippen molar-refractivity contribution in [2.45, 2.75) is 50.9 Å². The van der Waals surface area contributed by atoms with Gasteiger partial charge in [-0.2, -0.15) is 0 Å². The van der Waals surface area contributed by atoms with E-state index < -0.39 is 11.8 Å². The van der Waals surface area contributed by atoms with Gasteiger partial charge in [0, 0.05) is 23.7 Å². The summed E-state index contributed by atoms with van der Waals surface area (Å²) < 4.78 is 6.51. The Morgan fingerprint density at radius 3 is 2.52 bits per heavy atom. The molecule has 7 heteroatoms. The first-order valence-corrected chi connectivity index (χ1v) is 11.5. The highest BCUT2D eigenvalue weighted by Crippen LogP contribution is 2.43.